The molecule has 24 heavy (non-hydrogen) atoms. The van der Waals surface area contributed by atoms with Crippen molar-refractivity contribution >= 4 is 17.9 Å². The van der Waals surface area contributed by atoms with Crippen molar-refractivity contribution in [1.82, 2.24) is 0 Å². The maximum Gasteiger partial charge on any atom is 0.303 e. The van der Waals surface area contributed by atoms with E-state index in [1.165, 1.54) is 0 Å². The fourth-order valence-corrected chi connectivity index (χ4v) is 2.22. The molecule has 0 radical (unpaired) electrons. The zero-order chi connectivity index (χ0) is 18.3. The molecule has 130 valence electrons. The summed E-state index contributed by atoms with van der Waals surface area (Å²) in [6, 6.07) is 0.555. The predicted molar refractivity (Wildman–Crippen MR) is 74.9 cm³/mol. The van der Waals surface area contributed by atoms with Gasteiger partial charge in [0.15, 0.2) is 12.2 Å². The second-order valence-corrected chi connectivity index (χ2v) is 4.87. The maximum absolute atomic E-state index is 11.3. The van der Waals surface area contributed by atoms with Crippen LogP contribution in [0.4, 0.5) is 0 Å². The Hall–Kier alpha value is -2.83. The molecular formula is C13H16N4O7. The minimum Gasteiger partial charge on any atom is -0.463 e. The van der Waals surface area contributed by atoms with Crippen LogP contribution in [0.3, 0.4) is 0 Å². The Balaban J connectivity index is 3.20. The van der Waals surface area contributed by atoms with Crippen LogP contribution in [0, 0.1) is 11.3 Å². The third kappa shape index (κ3) is 5.12. The third-order valence-corrected chi connectivity index (χ3v) is 3.03. The lowest BCUT2D eigenvalue weighted by atomic mass is 9.93. The molecule has 0 N–H and O–H groups in total. The number of ether oxygens (including phenoxy) is 4. The van der Waals surface area contributed by atoms with Gasteiger partial charge >= 0.3 is 17.9 Å². The fraction of sp³-hybridized carbons (Fsp3) is 0.692. The molecule has 1 rings (SSSR count). The number of carbonyl (C=O) groups excluding carboxylic acids is 3. The van der Waals surface area contributed by atoms with Gasteiger partial charge in [0, 0.05) is 25.7 Å². The lowest BCUT2D eigenvalue weighted by molar-refractivity contribution is -0.206. The van der Waals surface area contributed by atoms with Crippen LogP contribution in [0.25, 0.3) is 10.4 Å². The molecule has 1 heterocycles. The number of carbonyl (C=O) groups is 3. The van der Waals surface area contributed by atoms with Crippen molar-refractivity contribution in [2.24, 2.45) is 5.11 Å². The Morgan fingerprint density at radius 2 is 1.75 bits per heavy atom. The van der Waals surface area contributed by atoms with Gasteiger partial charge in [-0.05, 0) is 5.53 Å². The Morgan fingerprint density at radius 3 is 2.21 bits per heavy atom. The number of nitrogens with zero attached hydrogens (tertiary/aromatic N) is 4. The van der Waals surface area contributed by atoms with Crippen LogP contribution in [-0.4, -0.2) is 55.0 Å². The van der Waals surface area contributed by atoms with E-state index in [2.05, 4.69) is 10.0 Å². The van der Waals surface area contributed by atoms with Gasteiger partial charge in [-0.3, -0.25) is 14.4 Å². The highest BCUT2D eigenvalue weighted by Crippen LogP contribution is 2.28. The first-order valence-electron chi connectivity index (χ1n) is 6.87. The summed E-state index contributed by atoms with van der Waals surface area (Å²) < 4.78 is 20.3. The standard InChI is InChI=1S/C13H16N4O7/c1-6(18)21-5-10-13(23-8(3)20)11(16-17-15)12(22-7(2)19)9(4-14)24-10/h9-13H,5H2,1-3H3/t9-,10?,11+,12?,13-/m0/s1. The Morgan fingerprint density at radius 1 is 1.17 bits per heavy atom. The summed E-state index contributed by atoms with van der Waals surface area (Å²) >= 11 is 0. The molecule has 0 aromatic heterocycles. The minimum atomic E-state index is -1.29. The molecule has 2 unspecified atom stereocenters. The first-order chi connectivity index (χ1) is 11.3. The van der Waals surface area contributed by atoms with Gasteiger partial charge in [-0.25, -0.2) is 0 Å². The van der Waals surface area contributed by atoms with Gasteiger partial charge < -0.3 is 18.9 Å². The smallest absolute Gasteiger partial charge is 0.303 e. The number of hydrogen-bond acceptors (Lipinski definition) is 9. The van der Waals surface area contributed by atoms with Crippen molar-refractivity contribution in [3.05, 3.63) is 10.4 Å². The Kier molecular flexibility index (Phi) is 6.98. The molecule has 0 aromatic rings. The molecule has 11 heteroatoms. The lowest BCUT2D eigenvalue weighted by Gasteiger charge is -2.41. The van der Waals surface area contributed by atoms with Crippen LogP contribution >= 0.6 is 0 Å². The first kappa shape index (κ1) is 19.2. The van der Waals surface area contributed by atoms with E-state index in [9.17, 15) is 19.6 Å². The molecule has 1 fully saturated rings. The summed E-state index contributed by atoms with van der Waals surface area (Å²) in [6.07, 6.45) is -4.84. The molecular weight excluding hydrogens is 324 g/mol. The largest absolute Gasteiger partial charge is 0.463 e. The minimum absolute atomic E-state index is 0.338. The summed E-state index contributed by atoms with van der Waals surface area (Å²) in [7, 11) is 0. The van der Waals surface area contributed by atoms with Gasteiger partial charge in [-0.1, -0.05) is 5.11 Å². The van der Waals surface area contributed by atoms with Gasteiger partial charge in [0.25, 0.3) is 0 Å². The molecule has 0 saturated carbocycles. The van der Waals surface area contributed by atoms with E-state index in [1.807, 2.05) is 0 Å². The predicted octanol–water partition coefficient (Wildman–Crippen LogP) is 0.383. The fourth-order valence-electron chi connectivity index (χ4n) is 2.22. The zero-order valence-electron chi connectivity index (χ0n) is 13.2. The normalized spacial score (nSPS) is 28.7. The average Bonchev–Trinajstić information content (AvgIpc) is 2.48. The molecule has 0 amide bonds. The van der Waals surface area contributed by atoms with Crippen molar-refractivity contribution in [2.75, 3.05) is 6.61 Å². The van der Waals surface area contributed by atoms with E-state index < -0.39 is 48.4 Å². The van der Waals surface area contributed by atoms with E-state index in [1.54, 1.807) is 6.07 Å². The van der Waals surface area contributed by atoms with Crippen molar-refractivity contribution < 1.29 is 33.3 Å². The number of nitriles is 1. The van der Waals surface area contributed by atoms with Crippen LogP contribution in [-0.2, 0) is 33.3 Å². The lowest BCUT2D eigenvalue weighted by Crippen LogP contribution is -2.60. The second-order valence-electron chi connectivity index (χ2n) is 4.87. The highest BCUT2D eigenvalue weighted by Gasteiger charge is 2.50. The van der Waals surface area contributed by atoms with Gasteiger partial charge in [0.1, 0.15) is 24.9 Å². The Bertz CT molecular complexity index is 596. The SMILES string of the molecule is CC(=O)OCC1O[C@@H](C#N)C(OC(C)=O)[C@@H](N=[N+]=[N-])[C@H]1OC(C)=O. The Labute approximate surface area is 137 Å². The van der Waals surface area contributed by atoms with E-state index >= 15 is 0 Å². The molecule has 1 aliphatic heterocycles. The number of azide groups is 1. The molecule has 0 aromatic carbocycles. The second kappa shape index (κ2) is 8.71. The van der Waals surface area contributed by atoms with Crippen LogP contribution < -0.4 is 0 Å². The van der Waals surface area contributed by atoms with Crippen molar-refractivity contribution in [2.45, 2.75) is 51.2 Å². The van der Waals surface area contributed by atoms with Crippen LogP contribution in [0.1, 0.15) is 20.8 Å². The summed E-state index contributed by atoms with van der Waals surface area (Å²) in [5, 5.41) is 12.7. The quantitative estimate of drug-likeness (QED) is 0.228. The third-order valence-electron chi connectivity index (χ3n) is 3.03. The summed E-state index contributed by atoms with van der Waals surface area (Å²) in [6.45, 7) is 3.05. The molecule has 0 bridgehead atoms. The van der Waals surface area contributed by atoms with E-state index in [0.29, 0.717) is 0 Å². The topological polar surface area (TPSA) is 161 Å². The zero-order valence-corrected chi connectivity index (χ0v) is 13.2. The van der Waals surface area contributed by atoms with Gasteiger partial charge in [0.2, 0.25) is 0 Å². The molecule has 0 aliphatic carbocycles. The average molecular weight is 340 g/mol. The molecule has 1 saturated heterocycles. The molecule has 5 atom stereocenters. The van der Waals surface area contributed by atoms with Crippen LogP contribution in [0.2, 0.25) is 0 Å². The monoisotopic (exact) mass is 340 g/mol. The van der Waals surface area contributed by atoms with Crippen molar-refractivity contribution in [1.29, 1.82) is 5.26 Å². The first-order valence-corrected chi connectivity index (χ1v) is 6.87. The maximum atomic E-state index is 11.3. The highest BCUT2D eigenvalue weighted by molar-refractivity contribution is 5.67. The summed E-state index contributed by atoms with van der Waals surface area (Å²) in [4.78, 5) is 36.2. The van der Waals surface area contributed by atoms with E-state index in [4.69, 9.17) is 24.5 Å². The molecule has 1 aliphatic rings. The number of rotatable bonds is 5. The molecule has 11 nitrogen and oxygen atoms in total. The number of hydrogen-bond donors (Lipinski definition) is 0. The van der Waals surface area contributed by atoms with Crippen molar-refractivity contribution in [3.8, 4) is 6.07 Å². The summed E-state index contributed by atoms with van der Waals surface area (Å²) in [5.41, 5.74) is 8.75. The van der Waals surface area contributed by atoms with Crippen molar-refractivity contribution in [3.63, 3.8) is 0 Å². The van der Waals surface area contributed by atoms with Crippen LogP contribution in [0.5, 0.6) is 0 Å². The van der Waals surface area contributed by atoms with Gasteiger partial charge in [-0.15, -0.1) is 0 Å². The van der Waals surface area contributed by atoms with E-state index in [-0.39, 0.29) is 6.61 Å². The highest BCUT2D eigenvalue weighted by atomic mass is 16.6. The molecule has 0 spiro atoms. The van der Waals surface area contributed by atoms with Crippen LogP contribution in [0.15, 0.2) is 5.11 Å². The van der Waals surface area contributed by atoms with Gasteiger partial charge in [-0.2, -0.15) is 5.26 Å². The number of esters is 3. The van der Waals surface area contributed by atoms with E-state index in [0.717, 1.165) is 20.8 Å². The summed E-state index contributed by atoms with van der Waals surface area (Å²) in [5.74, 6) is -2.07. The van der Waals surface area contributed by atoms with Gasteiger partial charge in [0.05, 0.1) is 6.07 Å².